The number of guanidine groups is 1. The summed E-state index contributed by atoms with van der Waals surface area (Å²) in [4.78, 5) is 262. The van der Waals surface area contributed by atoms with Crippen LogP contribution in [0.5, 0.6) is 5.75 Å². The number of phenols is 1. The molecule has 49 heteroatoms. The maximum Gasteiger partial charge on any atom is 0.328 e. The van der Waals surface area contributed by atoms with Crippen molar-refractivity contribution in [3.8, 4) is 5.75 Å². The number of benzene rings is 1. The molecule has 0 saturated carbocycles. The van der Waals surface area contributed by atoms with E-state index in [2.05, 4.69) is 105 Å². The molecule has 18 amide bonds. The Morgan fingerprint density at radius 1 is 0.479 bits per heavy atom. The van der Waals surface area contributed by atoms with Crippen LogP contribution in [0.2, 0.25) is 0 Å². The van der Waals surface area contributed by atoms with E-state index < -0.39 is 278 Å². The zero-order valence-corrected chi connectivity index (χ0v) is 69.7. The minimum atomic E-state index is -1.96. The molecule has 121 heavy (non-hydrogen) atoms. The first-order valence-corrected chi connectivity index (χ1v) is 40.0. The van der Waals surface area contributed by atoms with Gasteiger partial charge in [0, 0.05) is 37.4 Å². The summed E-state index contributed by atoms with van der Waals surface area (Å²) in [6, 6.07) is -20.9. The molecule has 1 aromatic rings. The fourth-order valence-corrected chi connectivity index (χ4v) is 12.8. The van der Waals surface area contributed by atoms with Crippen molar-refractivity contribution in [2.24, 2.45) is 45.5 Å². The summed E-state index contributed by atoms with van der Waals surface area (Å²) in [5.74, 6) is -24.1. The Morgan fingerprint density at radius 2 is 0.901 bits per heavy atom. The smallest absolute Gasteiger partial charge is 0.328 e. The van der Waals surface area contributed by atoms with E-state index in [1.165, 1.54) is 43.0 Å². The molecular weight excluding hydrogens is 1640 g/mol. The quantitative estimate of drug-likeness (QED) is 0.0125. The number of aliphatic hydroxyl groups excluding tert-OH is 4. The number of aliphatic imine (C=N–C) groups is 1. The number of nitrogens with two attached hydrogens (primary N) is 5. The summed E-state index contributed by atoms with van der Waals surface area (Å²) >= 11 is 8.44. The predicted molar refractivity (Wildman–Crippen MR) is 433 cm³/mol. The lowest BCUT2D eigenvalue weighted by Gasteiger charge is -2.30. The lowest BCUT2D eigenvalue weighted by Crippen LogP contribution is -2.63. The first-order chi connectivity index (χ1) is 56.8. The SMILES string of the molecule is CC(C)C[C@H](NC(=O)[C@@H]1CCCN1C(=O)[C@@H]1CCCN1)C(=O)N[C@H](C(=O)N[C@@H](CS)C(=O)N[C@@H](CCC(N)=O)C(=O)N[C@@H](CCCN=C(N)N)C(=O)N[C@@H](Cc1ccc(O)cc1)C(=O)N[C@@H](CS)C(=O)N[C@@H](CC(N)=O)C(=O)N[C@@H](C)C(=O)N[C@@H](CO)C(=O)N[C@H](C(=O)N[C@H](C(=O)N[C@@H](CC(N)=O)C(=O)N[C@@H](CO)C(=O)O)[C@@H](C)O)C(C)C)[C@@H](C)O. The number of amides is 18. The van der Waals surface area contributed by atoms with Crippen LogP contribution in [0.15, 0.2) is 29.3 Å². The van der Waals surface area contributed by atoms with Gasteiger partial charge in [0.2, 0.25) is 106 Å². The largest absolute Gasteiger partial charge is 0.508 e. The normalized spacial score (nSPS) is 17.6. The lowest BCUT2D eigenvalue weighted by molar-refractivity contribution is -0.143. The third-order valence-electron chi connectivity index (χ3n) is 18.9. The Kier molecular flexibility index (Phi) is 44.1. The zero-order valence-electron chi connectivity index (χ0n) is 67.9. The molecule has 0 radical (unpaired) electrons. The van der Waals surface area contributed by atoms with Crippen LogP contribution in [-0.4, -0.2) is 307 Å². The number of thiol groups is 2. The van der Waals surface area contributed by atoms with Crippen molar-refractivity contribution in [1.29, 1.82) is 0 Å². The number of carboxylic acids is 1. The molecule has 1 aromatic carbocycles. The first-order valence-electron chi connectivity index (χ1n) is 38.8. The van der Waals surface area contributed by atoms with Gasteiger partial charge in [0.25, 0.3) is 0 Å². The van der Waals surface area contributed by atoms with Gasteiger partial charge < -0.3 is 144 Å². The Balaban J connectivity index is 1.86. The molecule has 0 spiro atoms. The minimum absolute atomic E-state index is 0.0492. The number of likely N-dealkylation sites (tertiary alicyclic amines) is 1. The predicted octanol–water partition coefficient (Wildman–Crippen LogP) is -12.1. The Bertz CT molecular complexity index is 3850. The zero-order chi connectivity index (χ0) is 91.4. The third kappa shape index (κ3) is 35.1. The van der Waals surface area contributed by atoms with Gasteiger partial charge in [0.1, 0.15) is 96.4 Å². The van der Waals surface area contributed by atoms with Crippen LogP contribution < -0.4 is 108 Å². The minimum Gasteiger partial charge on any atom is -0.508 e. The average molecular weight is 1750 g/mol. The highest BCUT2D eigenvalue weighted by Gasteiger charge is 2.43. The average Bonchev–Trinajstić information content (AvgIpc) is 1.72. The van der Waals surface area contributed by atoms with E-state index in [1.807, 2.05) is 5.32 Å². The molecule has 2 saturated heterocycles. The van der Waals surface area contributed by atoms with Gasteiger partial charge in [-0.25, -0.2) is 4.79 Å². The highest BCUT2D eigenvalue weighted by atomic mass is 32.1. The van der Waals surface area contributed by atoms with E-state index >= 15 is 0 Å². The molecule has 2 heterocycles. The molecule has 47 nitrogen and oxygen atoms in total. The van der Waals surface area contributed by atoms with Crippen molar-refractivity contribution in [3.63, 3.8) is 0 Å². The van der Waals surface area contributed by atoms with Crippen LogP contribution in [0.25, 0.3) is 0 Å². The molecule has 0 aromatic heterocycles. The number of aliphatic carboxylic acids is 1. The molecule has 18 atom stereocenters. The van der Waals surface area contributed by atoms with Gasteiger partial charge in [-0.2, -0.15) is 25.3 Å². The molecule has 0 aliphatic carbocycles. The van der Waals surface area contributed by atoms with Crippen LogP contribution >= 0.6 is 25.3 Å². The van der Waals surface area contributed by atoms with Gasteiger partial charge in [-0.1, -0.05) is 39.8 Å². The number of nitrogens with zero attached hydrogens (tertiary/aromatic N) is 2. The van der Waals surface area contributed by atoms with E-state index in [-0.39, 0.29) is 54.9 Å². The number of hydrogen-bond donors (Lipinski definition) is 28. The molecule has 0 bridgehead atoms. The maximum atomic E-state index is 14.7. The van der Waals surface area contributed by atoms with Gasteiger partial charge in [-0.3, -0.25) is 91.3 Å². The number of aliphatic hydroxyl groups is 4. The van der Waals surface area contributed by atoms with Crippen molar-refractivity contribution < 1.29 is 122 Å². The summed E-state index contributed by atoms with van der Waals surface area (Å²) in [6.07, 6.45) is -5.06. The number of carbonyl (C=O) groups is 19. The van der Waals surface area contributed by atoms with Crippen LogP contribution in [0.3, 0.4) is 0 Å². The Hall–Kier alpha value is -11.3. The Labute approximate surface area is 706 Å². The molecule has 2 aliphatic heterocycles. The van der Waals surface area contributed by atoms with Crippen molar-refractivity contribution in [1.82, 2.24) is 84.7 Å². The van der Waals surface area contributed by atoms with E-state index in [1.54, 1.807) is 13.8 Å². The standard InChI is InChI=1S/C72H116N22O25S2/c1-31(2)23-41(85-66(113)49-13-10-22-94(49)70(117)40-12-9-20-78-40)62(109)92-54(34(6)97)69(116)90-48(30-121)64(111)82-39(18-19-50(73)100)58(105)81-38(11-8-21-79-72(76)77)57(104)83-42(24-36-14-16-37(99)17-15-36)60(107)89-47(29-120)65(112)84-43(25-51(74)101)59(106)80-33(5)56(103)87-45(27-95)63(110)91-53(32(3)4)67(114)93-55(35(7)98)68(115)86-44(26-52(75)102)61(108)88-46(28-96)71(118)119/h14-17,31-35,38-49,53-55,78,95-99,120-121H,8-13,18-30H2,1-7H3,(H2,73,100)(H2,74,101)(H2,75,102)(H,80,106)(H,81,105)(H,82,111)(H,83,104)(H,84,112)(H,85,113)(H,86,115)(H,87,103)(H,88,108)(H,89,107)(H,90,116)(H,91,110)(H,92,109)(H,93,114)(H,118,119)(H4,76,77,79)/t33-,34+,35+,38-,39-,40-,41-,42-,43-,44-,45-,46-,47-,48-,49-,53-,54-,55-/m0/s1. The molecular formula is C72H116N22O25S2. The lowest BCUT2D eigenvalue weighted by atomic mass is 10.0. The number of rotatable bonds is 52. The highest BCUT2D eigenvalue weighted by molar-refractivity contribution is 7.80. The van der Waals surface area contributed by atoms with Crippen molar-refractivity contribution >= 4 is 144 Å². The van der Waals surface area contributed by atoms with E-state index in [0.29, 0.717) is 32.4 Å². The summed E-state index contributed by atoms with van der Waals surface area (Å²) in [6.45, 7) is 8.08. The van der Waals surface area contributed by atoms with Crippen LogP contribution in [0.4, 0.5) is 0 Å². The molecule has 0 unspecified atom stereocenters. The second-order valence-electron chi connectivity index (χ2n) is 29.7. The van der Waals surface area contributed by atoms with Crippen molar-refractivity contribution in [2.45, 2.75) is 234 Å². The van der Waals surface area contributed by atoms with E-state index in [4.69, 9.17) is 28.7 Å². The fourth-order valence-electron chi connectivity index (χ4n) is 12.3. The first kappa shape index (κ1) is 104. The van der Waals surface area contributed by atoms with Crippen LogP contribution in [-0.2, 0) is 97.5 Å². The number of primary amides is 3. The van der Waals surface area contributed by atoms with Gasteiger partial charge in [-0.05, 0) is 108 Å². The molecule has 31 N–H and O–H groups in total. The second kappa shape index (κ2) is 51.4. The summed E-state index contributed by atoms with van der Waals surface area (Å²) < 4.78 is 0. The van der Waals surface area contributed by atoms with Gasteiger partial charge in [0.05, 0.1) is 44.3 Å². The fraction of sp³-hybridized carbons (Fsp3) is 0.639. The van der Waals surface area contributed by atoms with Gasteiger partial charge >= 0.3 is 5.97 Å². The van der Waals surface area contributed by atoms with E-state index in [0.717, 1.165) is 27.2 Å². The topological polar surface area (TPSA) is 772 Å². The highest BCUT2D eigenvalue weighted by Crippen LogP contribution is 2.22. The number of nitrogens with one attached hydrogen (secondary N) is 15. The van der Waals surface area contributed by atoms with Crippen molar-refractivity contribution in [2.75, 3.05) is 44.4 Å². The Morgan fingerprint density at radius 3 is 1.37 bits per heavy atom. The number of hydrogen-bond acceptors (Lipinski definition) is 28. The number of carboxylic acid groups (broad SMARTS) is 1. The maximum absolute atomic E-state index is 14.7. The third-order valence-corrected chi connectivity index (χ3v) is 19.6. The molecule has 3 rings (SSSR count). The van der Waals surface area contributed by atoms with Crippen LogP contribution in [0.1, 0.15) is 125 Å². The summed E-state index contributed by atoms with van der Waals surface area (Å²) in [5.41, 5.74) is 27.5. The molecule has 2 fully saturated rings. The molecule has 676 valence electrons. The van der Waals surface area contributed by atoms with Gasteiger partial charge in [-0.15, -0.1) is 0 Å². The van der Waals surface area contributed by atoms with Crippen LogP contribution in [0, 0.1) is 11.8 Å². The second-order valence-corrected chi connectivity index (χ2v) is 30.5. The van der Waals surface area contributed by atoms with Crippen molar-refractivity contribution in [3.05, 3.63) is 29.8 Å². The number of carbonyl (C=O) groups excluding carboxylic acids is 18. The number of phenolic OH excluding ortho intramolecular Hbond substituents is 1. The monoisotopic (exact) mass is 1750 g/mol. The van der Waals surface area contributed by atoms with Gasteiger partial charge in [0.15, 0.2) is 5.96 Å². The summed E-state index contributed by atoms with van der Waals surface area (Å²) in [7, 11) is 0. The molecule has 2 aliphatic rings. The van der Waals surface area contributed by atoms with E-state index in [9.17, 15) is 122 Å². The summed E-state index contributed by atoms with van der Waals surface area (Å²) in [5, 5.41) is 95.9. The number of aromatic hydroxyl groups is 1.